The third-order valence-corrected chi connectivity index (χ3v) is 7.24. The molecule has 0 aromatic heterocycles. The van der Waals surface area contributed by atoms with Crippen molar-refractivity contribution in [2.24, 2.45) is 0 Å². The summed E-state index contributed by atoms with van der Waals surface area (Å²) in [5.74, 6) is -0.131. The van der Waals surface area contributed by atoms with Gasteiger partial charge in [0.2, 0.25) is 11.8 Å². The molecule has 2 aliphatic rings. The molecule has 4 rings (SSSR count). The molecule has 2 aromatic rings. The lowest BCUT2D eigenvalue weighted by Crippen LogP contribution is -2.40. The standard InChI is InChI=1S/C31H40N4O6/c36-28(32-26-12-8-24(9-13-26)30(38)34-16-20-40-21-17-34)6-4-2-1-3-5-7-29(37)33-27-14-10-25(11-15-27)31(39)35-18-22-41-23-19-35/h8-15H,1-7,16-23H2,(H,32,36)(H,33,37). The molecule has 2 N–H and O–H groups in total. The van der Waals surface area contributed by atoms with Crippen molar-refractivity contribution in [3.8, 4) is 0 Å². The molecule has 0 radical (unpaired) electrons. The number of hydrogen-bond donors (Lipinski definition) is 2. The van der Waals surface area contributed by atoms with Crippen molar-refractivity contribution < 1.29 is 28.7 Å². The summed E-state index contributed by atoms with van der Waals surface area (Å²) in [6.07, 6.45) is 5.21. The fourth-order valence-corrected chi connectivity index (χ4v) is 4.84. The summed E-state index contributed by atoms with van der Waals surface area (Å²) >= 11 is 0. The Balaban J connectivity index is 1.04. The van der Waals surface area contributed by atoms with Gasteiger partial charge in [0, 0.05) is 61.5 Å². The van der Waals surface area contributed by atoms with Crippen LogP contribution in [0.3, 0.4) is 0 Å². The highest BCUT2D eigenvalue weighted by molar-refractivity contribution is 5.96. The summed E-state index contributed by atoms with van der Waals surface area (Å²) in [6.45, 7) is 4.63. The Morgan fingerprint density at radius 1 is 0.537 bits per heavy atom. The topological polar surface area (TPSA) is 117 Å². The smallest absolute Gasteiger partial charge is 0.254 e. The summed E-state index contributed by atoms with van der Waals surface area (Å²) < 4.78 is 10.6. The Morgan fingerprint density at radius 3 is 1.24 bits per heavy atom. The molecule has 2 aromatic carbocycles. The number of benzene rings is 2. The van der Waals surface area contributed by atoms with Crippen molar-refractivity contribution in [1.82, 2.24) is 9.80 Å². The molecule has 0 unspecified atom stereocenters. The fraction of sp³-hybridized carbons (Fsp3) is 0.484. The maximum Gasteiger partial charge on any atom is 0.254 e. The number of nitrogens with one attached hydrogen (secondary N) is 2. The number of rotatable bonds is 12. The van der Waals surface area contributed by atoms with E-state index >= 15 is 0 Å². The normalized spacial score (nSPS) is 15.3. The number of carbonyl (C=O) groups is 4. The van der Waals surface area contributed by atoms with Crippen LogP contribution in [-0.2, 0) is 19.1 Å². The quantitative estimate of drug-likeness (QED) is 0.377. The molecular formula is C31H40N4O6. The highest BCUT2D eigenvalue weighted by atomic mass is 16.5. The van der Waals surface area contributed by atoms with Crippen molar-refractivity contribution in [2.75, 3.05) is 63.2 Å². The Labute approximate surface area is 241 Å². The predicted molar refractivity (Wildman–Crippen MR) is 156 cm³/mol. The average Bonchev–Trinajstić information content (AvgIpc) is 3.01. The van der Waals surface area contributed by atoms with Crippen LogP contribution >= 0.6 is 0 Å². The first kappa shape index (κ1) is 30.2. The van der Waals surface area contributed by atoms with Crippen molar-refractivity contribution in [3.05, 3.63) is 59.7 Å². The minimum Gasteiger partial charge on any atom is -0.378 e. The zero-order chi connectivity index (χ0) is 28.9. The maximum atomic E-state index is 12.5. The molecule has 4 amide bonds. The lowest BCUT2D eigenvalue weighted by molar-refractivity contribution is -0.117. The number of ether oxygens (including phenoxy) is 2. The number of anilines is 2. The van der Waals surface area contributed by atoms with Gasteiger partial charge < -0.3 is 29.9 Å². The van der Waals surface area contributed by atoms with Gasteiger partial charge in [0.25, 0.3) is 11.8 Å². The molecule has 0 spiro atoms. The van der Waals surface area contributed by atoms with E-state index in [1.54, 1.807) is 58.3 Å². The van der Waals surface area contributed by atoms with E-state index in [1.165, 1.54) is 0 Å². The summed E-state index contributed by atoms with van der Waals surface area (Å²) in [5.41, 5.74) is 2.57. The SMILES string of the molecule is O=C(CCCCCCCC(=O)Nc1ccc(C(=O)N2CCOCC2)cc1)Nc1ccc(C(=O)N2CCOCC2)cc1. The van der Waals surface area contributed by atoms with Crippen molar-refractivity contribution >= 4 is 35.0 Å². The van der Waals surface area contributed by atoms with Gasteiger partial charge in [-0.2, -0.15) is 0 Å². The maximum absolute atomic E-state index is 12.5. The largest absolute Gasteiger partial charge is 0.378 e. The second kappa shape index (κ2) is 15.9. The van der Waals surface area contributed by atoms with E-state index < -0.39 is 0 Å². The lowest BCUT2D eigenvalue weighted by atomic mass is 10.1. The van der Waals surface area contributed by atoms with Gasteiger partial charge in [0.1, 0.15) is 0 Å². The van der Waals surface area contributed by atoms with Crippen LogP contribution in [-0.4, -0.2) is 86.0 Å². The van der Waals surface area contributed by atoms with Gasteiger partial charge in [-0.25, -0.2) is 0 Å². The van der Waals surface area contributed by atoms with Gasteiger partial charge in [0.15, 0.2) is 0 Å². The third kappa shape index (κ3) is 9.68. The van der Waals surface area contributed by atoms with Crippen LogP contribution in [0.1, 0.15) is 65.7 Å². The molecule has 41 heavy (non-hydrogen) atoms. The summed E-state index contributed by atoms with van der Waals surface area (Å²) in [4.78, 5) is 53.2. The first-order valence-electron chi connectivity index (χ1n) is 14.5. The van der Waals surface area contributed by atoms with Gasteiger partial charge in [-0.3, -0.25) is 19.2 Å². The molecule has 2 saturated heterocycles. The van der Waals surface area contributed by atoms with E-state index in [1.807, 2.05) is 0 Å². The van der Waals surface area contributed by atoms with Crippen molar-refractivity contribution in [2.45, 2.75) is 44.9 Å². The van der Waals surface area contributed by atoms with Crippen LogP contribution < -0.4 is 10.6 Å². The molecule has 2 fully saturated rings. The van der Waals surface area contributed by atoms with Crippen LogP contribution in [0.5, 0.6) is 0 Å². The second-order valence-corrected chi connectivity index (χ2v) is 10.3. The Hall–Kier alpha value is -3.76. The zero-order valence-corrected chi connectivity index (χ0v) is 23.6. The number of carbonyl (C=O) groups excluding carboxylic acids is 4. The van der Waals surface area contributed by atoms with Gasteiger partial charge in [0.05, 0.1) is 26.4 Å². The molecular weight excluding hydrogens is 524 g/mol. The van der Waals surface area contributed by atoms with Crippen LogP contribution in [0.4, 0.5) is 11.4 Å². The third-order valence-electron chi connectivity index (χ3n) is 7.24. The van der Waals surface area contributed by atoms with E-state index in [-0.39, 0.29) is 23.6 Å². The highest BCUT2D eigenvalue weighted by Crippen LogP contribution is 2.16. The average molecular weight is 565 g/mol. The molecule has 0 atom stereocenters. The Kier molecular flexibility index (Phi) is 11.7. The van der Waals surface area contributed by atoms with Crippen molar-refractivity contribution in [3.63, 3.8) is 0 Å². The first-order valence-corrected chi connectivity index (χ1v) is 14.5. The molecule has 220 valence electrons. The van der Waals surface area contributed by atoms with E-state index in [2.05, 4.69) is 10.6 Å². The number of amides is 4. The van der Waals surface area contributed by atoms with Crippen LogP contribution in [0.2, 0.25) is 0 Å². The Morgan fingerprint density at radius 2 is 0.878 bits per heavy atom. The minimum absolute atomic E-state index is 0.0184. The molecule has 2 aliphatic heterocycles. The van der Waals surface area contributed by atoms with Crippen molar-refractivity contribution in [1.29, 1.82) is 0 Å². The molecule has 0 aliphatic carbocycles. The molecule has 0 bridgehead atoms. The van der Waals surface area contributed by atoms with Crippen LogP contribution in [0.25, 0.3) is 0 Å². The summed E-state index contributed by atoms with van der Waals surface area (Å²) in [5, 5.41) is 5.78. The van der Waals surface area contributed by atoms with Gasteiger partial charge in [-0.15, -0.1) is 0 Å². The number of morpholine rings is 2. The van der Waals surface area contributed by atoms with Crippen LogP contribution in [0, 0.1) is 0 Å². The highest BCUT2D eigenvalue weighted by Gasteiger charge is 2.19. The predicted octanol–water partition coefficient (Wildman–Crippen LogP) is 3.94. The van der Waals surface area contributed by atoms with Gasteiger partial charge in [-0.05, 0) is 61.4 Å². The number of hydrogen-bond acceptors (Lipinski definition) is 6. The minimum atomic E-state index is -0.0469. The van der Waals surface area contributed by atoms with E-state index in [4.69, 9.17) is 9.47 Å². The fourth-order valence-electron chi connectivity index (χ4n) is 4.84. The van der Waals surface area contributed by atoms with E-state index in [0.717, 1.165) is 32.1 Å². The number of unbranched alkanes of at least 4 members (excludes halogenated alkanes) is 4. The van der Waals surface area contributed by atoms with E-state index in [0.29, 0.717) is 87.9 Å². The molecule has 10 nitrogen and oxygen atoms in total. The monoisotopic (exact) mass is 564 g/mol. The Bertz CT molecular complexity index is 1060. The molecule has 0 saturated carbocycles. The summed E-state index contributed by atoms with van der Waals surface area (Å²) in [6, 6.07) is 14.0. The van der Waals surface area contributed by atoms with Crippen LogP contribution in [0.15, 0.2) is 48.5 Å². The van der Waals surface area contributed by atoms with Gasteiger partial charge >= 0.3 is 0 Å². The lowest BCUT2D eigenvalue weighted by Gasteiger charge is -2.26. The molecule has 10 heteroatoms. The number of nitrogens with zero attached hydrogens (tertiary/aromatic N) is 2. The summed E-state index contributed by atoms with van der Waals surface area (Å²) in [7, 11) is 0. The van der Waals surface area contributed by atoms with E-state index in [9.17, 15) is 19.2 Å². The zero-order valence-electron chi connectivity index (χ0n) is 23.6. The molecule has 2 heterocycles. The van der Waals surface area contributed by atoms with Gasteiger partial charge in [-0.1, -0.05) is 19.3 Å². The second-order valence-electron chi connectivity index (χ2n) is 10.3. The first-order chi connectivity index (χ1) is 20.0.